The average molecular weight is 297 g/mol. The van der Waals surface area contributed by atoms with E-state index in [0.29, 0.717) is 11.4 Å². The second-order valence-corrected chi connectivity index (χ2v) is 7.58. The van der Waals surface area contributed by atoms with Crippen LogP contribution in [-0.4, -0.2) is 49.4 Å². The van der Waals surface area contributed by atoms with E-state index < -0.39 is 15.9 Å². The van der Waals surface area contributed by atoms with Gasteiger partial charge >= 0.3 is 0 Å². The summed E-state index contributed by atoms with van der Waals surface area (Å²) < 4.78 is 24.5. The molecule has 0 spiro atoms. The zero-order valence-corrected chi connectivity index (χ0v) is 12.7. The monoisotopic (exact) mass is 297 g/mol. The molecule has 0 aliphatic carbocycles. The van der Waals surface area contributed by atoms with Crippen molar-refractivity contribution in [2.45, 2.75) is 43.2 Å². The summed E-state index contributed by atoms with van der Waals surface area (Å²) in [6, 6.07) is 8.66. The second kappa shape index (κ2) is 6.70. The van der Waals surface area contributed by atoms with Gasteiger partial charge in [0, 0.05) is 12.6 Å². The zero-order valence-electron chi connectivity index (χ0n) is 11.9. The van der Waals surface area contributed by atoms with Crippen LogP contribution in [0.15, 0.2) is 35.2 Å². The van der Waals surface area contributed by atoms with E-state index in [4.69, 9.17) is 0 Å². The lowest BCUT2D eigenvalue weighted by atomic mass is 9.98. The third kappa shape index (κ3) is 3.81. The summed E-state index contributed by atoms with van der Waals surface area (Å²) in [7, 11) is -3.23. The standard InChI is InChI=1S/C15H23NO3S/c1-13(17)15-9-5-6-10-16(15)11-12-20(18,19)14-7-3-2-4-8-14/h2-4,7-8,13,15,17H,5-6,9-12H2,1H3. The lowest BCUT2D eigenvalue weighted by molar-refractivity contribution is 0.0403. The lowest BCUT2D eigenvalue weighted by Crippen LogP contribution is -2.47. The van der Waals surface area contributed by atoms with Crippen molar-refractivity contribution in [3.8, 4) is 0 Å². The molecule has 1 aliphatic rings. The first-order chi connectivity index (χ1) is 9.50. The fourth-order valence-corrected chi connectivity index (χ4v) is 4.11. The summed E-state index contributed by atoms with van der Waals surface area (Å²) in [6.45, 7) is 3.15. The number of aliphatic hydroxyl groups is 1. The van der Waals surface area contributed by atoms with Crippen LogP contribution < -0.4 is 0 Å². The molecule has 1 N–H and O–H groups in total. The largest absolute Gasteiger partial charge is 0.392 e. The third-order valence-corrected chi connectivity index (χ3v) is 5.68. The molecule has 1 heterocycles. The lowest BCUT2D eigenvalue weighted by Gasteiger charge is -2.37. The van der Waals surface area contributed by atoms with Crippen LogP contribution in [0.25, 0.3) is 0 Å². The number of aliphatic hydroxyl groups excluding tert-OH is 1. The highest BCUT2D eigenvalue weighted by Gasteiger charge is 2.27. The van der Waals surface area contributed by atoms with Crippen molar-refractivity contribution in [3.05, 3.63) is 30.3 Å². The van der Waals surface area contributed by atoms with Crippen molar-refractivity contribution >= 4 is 9.84 Å². The van der Waals surface area contributed by atoms with Crippen molar-refractivity contribution in [2.24, 2.45) is 0 Å². The molecule has 112 valence electrons. The van der Waals surface area contributed by atoms with Crippen LogP contribution in [-0.2, 0) is 9.84 Å². The minimum absolute atomic E-state index is 0.0923. The fraction of sp³-hybridized carbons (Fsp3) is 0.600. The van der Waals surface area contributed by atoms with E-state index in [1.165, 1.54) is 0 Å². The number of sulfone groups is 1. The van der Waals surface area contributed by atoms with Gasteiger partial charge in [-0.25, -0.2) is 8.42 Å². The minimum atomic E-state index is -3.23. The maximum absolute atomic E-state index is 12.3. The maximum atomic E-state index is 12.3. The van der Waals surface area contributed by atoms with Gasteiger partial charge in [0.2, 0.25) is 0 Å². The molecule has 0 saturated carbocycles. The first kappa shape index (κ1) is 15.5. The Hall–Kier alpha value is -0.910. The zero-order chi connectivity index (χ0) is 14.6. The summed E-state index contributed by atoms with van der Waals surface area (Å²) in [4.78, 5) is 2.50. The van der Waals surface area contributed by atoms with Gasteiger partial charge in [0.1, 0.15) is 0 Å². The third-order valence-electron chi connectivity index (χ3n) is 3.97. The number of hydrogen-bond donors (Lipinski definition) is 1. The van der Waals surface area contributed by atoms with Crippen LogP contribution in [0.2, 0.25) is 0 Å². The van der Waals surface area contributed by atoms with Gasteiger partial charge in [0.05, 0.1) is 16.8 Å². The van der Waals surface area contributed by atoms with Gasteiger partial charge < -0.3 is 5.11 Å². The summed E-state index contributed by atoms with van der Waals surface area (Å²) in [5.41, 5.74) is 0. The predicted octanol–water partition coefficient (Wildman–Crippen LogP) is 1.70. The van der Waals surface area contributed by atoms with Gasteiger partial charge in [-0.05, 0) is 38.4 Å². The number of nitrogens with zero attached hydrogens (tertiary/aromatic N) is 1. The fourth-order valence-electron chi connectivity index (χ4n) is 2.82. The van der Waals surface area contributed by atoms with Crippen LogP contribution >= 0.6 is 0 Å². The summed E-state index contributed by atoms with van der Waals surface area (Å²) in [5, 5.41) is 9.80. The normalized spacial score (nSPS) is 22.6. The molecule has 0 amide bonds. The number of piperidine rings is 1. The van der Waals surface area contributed by atoms with E-state index >= 15 is 0 Å². The Balaban J connectivity index is 2.00. The summed E-state index contributed by atoms with van der Waals surface area (Å²) in [6.07, 6.45) is 2.73. The number of rotatable bonds is 5. The number of hydrogen-bond acceptors (Lipinski definition) is 4. The summed E-state index contributed by atoms with van der Waals surface area (Å²) in [5.74, 6) is 0.111. The highest BCUT2D eigenvalue weighted by atomic mass is 32.2. The molecule has 1 fully saturated rings. The molecule has 1 aromatic rings. The van der Waals surface area contributed by atoms with Crippen molar-refractivity contribution in [1.82, 2.24) is 4.90 Å². The predicted molar refractivity (Wildman–Crippen MR) is 79.4 cm³/mol. The molecular formula is C15H23NO3S. The first-order valence-electron chi connectivity index (χ1n) is 7.20. The van der Waals surface area contributed by atoms with E-state index in [1.54, 1.807) is 31.2 Å². The van der Waals surface area contributed by atoms with Gasteiger partial charge in [-0.2, -0.15) is 0 Å². The van der Waals surface area contributed by atoms with Crippen LogP contribution in [0.1, 0.15) is 26.2 Å². The molecule has 0 radical (unpaired) electrons. The van der Waals surface area contributed by atoms with E-state index in [-0.39, 0.29) is 11.8 Å². The number of likely N-dealkylation sites (tertiary alicyclic amines) is 1. The molecule has 0 aromatic heterocycles. The molecule has 2 unspecified atom stereocenters. The SMILES string of the molecule is CC(O)C1CCCCN1CCS(=O)(=O)c1ccccc1. The molecule has 2 atom stereocenters. The van der Waals surface area contributed by atoms with Gasteiger partial charge in [-0.3, -0.25) is 4.90 Å². The van der Waals surface area contributed by atoms with Crippen molar-refractivity contribution in [2.75, 3.05) is 18.8 Å². The second-order valence-electron chi connectivity index (χ2n) is 5.47. The van der Waals surface area contributed by atoms with Crippen LogP contribution in [0, 0.1) is 0 Å². The van der Waals surface area contributed by atoms with Crippen molar-refractivity contribution in [1.29, 1.82) is 0 Å². The van der Waals surface area contributed by atoms with Gasteiger partial charge in [0.25, 0.3) is 0 Å². The van der Waals surface area contributed by atoms with Gasteiger partial charge in [0.15, 0.2) is 9.84 Å². The topological polar surface area (TPSA) is 57.6 Å². The molecule has 20 heavy (non-hydrogen) atoms. The van der Waals surface area contributed by atoms with E-state index in [1.807, 2.05) is 6.07 Å². The van der Waals surface area contributed by atoms with Gasteiger partial charge in [-0.15, -0.1) is 0 Å². The molecule has 2 rings (SSSR count). The quantitative estimate of drug-likeness (QED) is 0.898. The molecule has 1 aromatic carbocycles. The molecular weight excluding hydrogens is 274 g/mol. The van der Waals surface area contributed by atoms with E-state index in [0.717, 1.165) is 25.8 Å². The maximum Gasteiger partial charge on any atom is 0.179 e. The van der Waals surface area contributed by atoms with E-state index in [9.17, 15) is 13.5 Å². The Labute approximate surface area is 121 Å². The van der Waals surface area contributed by atoms with Crippen LogP contribution in [0.5, 0.6) is 0 Å². The van der Waals surface area contributed by atoms with Gasteiger partial charge in [-0.1, -0.05) is 24.6 Å². The molecule has 0 bridgehead atoms. The van der Waals surface area contributed by atoms with Crippen LogP contribution in [0.4, 0.5) is 0 Å². The minimum Gasteiger partial charge on any atom is -0.392 e. The average Bonchev–Trinajstić information content (AvgIpc) is 2.46. The first-order valence-corrected chi connectivity index (χ1v) is 8.86. The Kier molecular flexibility index (Phi) is 5.18. The Morgan fingerprint density at radius 2 is 2.00 bits per heavy atom. The van der Waals surface area contributed by atoms with E-state index in [2.05, 4.69) is 4.90 Å². The molecule has 1 saturated heterocycles. The molecule has 1 aliphatic heterocycles. The number of benzene rings is 1. The van der Waals surface area contributed by atoms with Crippen molar-refractivity contribution < 1.29 is 13.5 Å². The smallest absolute Gasteiger partial charge is 0.179 e. The molecule has 5 heteroatoms. The van der Waals surface area contributed by atoms with Crippen LogP contribution in [0.3, 0.4) is 0 Å². The van der Waals surface area contributed by atoms with Crippen molar-refractivity contribution in [3.63, 3.8) is 0 Å². The Bertz CT molecular complexity index is 513. The highest BCUT2D eigenvalue weighted by Crippen LogP contribution is 2.20. The highest BCUT2D eigenvalue weighted by molar-refractivity contribution is 7.91. The molecule has 4 nitrogen and oxygen atoms in total. The Morgan fingerprint density at radius 1 is 1.30 bits per heavy atom. The summed E-state index contributed by atoms with van der Waals surface area (Å²) >= 11 is 0. The Morgan fingerprint density at radius 3 is 2.65 bits per heavy atom.